The molecule has 0 unspecified atom stereocenters. The monoisotopic (exact) mass is 350 g/mol. The minimum atomic E-state index is 0.0305. The van der Waals surface area contributed by atoms with Crippen LogP contribution < -0.4 is 0 Å². The van der Waals surface area contributed by atoms with Gasteiger partial charge in [0.25, 0.3) is 5.91 Å². The van der Waals surface area contributed by atoms with Crippen molar-refractivity contribution < 1.29 is 4.79 Å². The van der Waals surface area contributed by atoms with Crippen molar-refractivity contribution in [2.75, 3.05) is 6.54 Å². The number of aryl methyl sites for hydroxylation is 1. The van der Waals surface area contributed by atoms with Gasteiger partial charge in [-0.3, -0.25) is 19.6 Å². The van der Waals surface area contributed by atoms with Crippen molar-refractivity contribution in [1.29, 1.82) is 0 Å². The number of likely N-dealkylation sites (tertiary alicyclic amines) is 1. The van der Waals surface area contributed by atoms with Crippen molar-refractivity contribution in [2.45, 2.75) is 38.3 Å². The van der Waals surface area contributed by atoms with Crippen LogP contribution in [0.1, 0.15) is 36.2 Å². The first-order valence-corrected chi connectivity index (χ1v) is 9.05. The molecule has 4 heterocycles. The molecule has 3 aromatic heterocycles. The lowest BCUT2D eigenvalue weighted by Gasteiger charge is -2.35. The molecule has 7 heteroatoms. The van der Waals surface area contributed by atoms with Gasteiger partial charge in [-0.25, -0.2) is 0 Å². The minimum Gasteiger partial charge on any atom is -0.334 e. The van der Waals surface area contributed by atoms with Gasteiger partial charge in [-0.15, -0.1) is 0 Å². The second kappa shape index (κ2) is 7.51. The number of amides is 1. The Morgan fingerprint density at radius 2 is 2.12 bits per heavy atom. The van der Waals surface area contributed by atoms with Crippen LogP contribution >= 0.6 is 0 Å². The van der Waals surface area contributed by atoms with Crippen LogP contribution in [0.25, 0.3) is 11.3 Å². The largest absolute Gasteiger partial charge is 0.334 e. The summed E-state index contributed by atoms with van der Waals surface area (Å²) in [6.07, 6.45) is 11.4. The first-order chi connectivity index (χ1) is 12.8. The summed E-state index contributed by atoms with van der Waals surface area (Å²) >= 11 is 0. The molecule has 0 radical (unpaired) electrons. The second-order valence-corrected chi connectivity index (χ2v) is 6.61. The molecule has 1 saturated heterocycles. The summed E-state index contributed by atoms with van der Waals surface area (Å²) in [5, 5.41) is 11.5. The molecule has 1 atom stereocenters. The van der Waals surface area contributed by atoms with E-state index < -0.39 is 0 Å². The number of carbonyl (C=O) groups excluding carboxylic acids is 1. The molecule has 0 aliphatic carbocycles. The zero-order valence-corrected chi connectivity index (χ0v) is 14.6. The Labute approximate surface area is 152 Å². The van der Waals surface area contributed by atoms with Gasteiger partial charge in [-0.2, -0.15) is 10.2 Å². The molecule has 4 rings (SSSR count). The normalized spacial score (nSPS) is 17.4. The maximum absolute atomic E-state index is 13.0. The lowest BCUT2D eigenvalue weighted by molar-refractivity contribution is 0.0588. The van der Waals surface area contributed by atoms with Crippen LogP contribution in [0.3, 0.4) is 0 Å². The average Bonchev–Trinajstić information content (AvgIpc) is 3.39. The van der Waals surface area contributed by atoms with E-state index in [9.17, 15) is 4.79 Å². The maximum atomic E-state index is 13.0. The van der Waals surface area contributed by atoms with E-state index in [2.05, 4.69) is 20.3 Å². The van der Waals surface area contributed by atoms with Crippen LogP contribution in [0.4, 0.5) is 0 Å². The summed E-state index contributed by atoms with van der Waals surface area (Å²) in [4.78, 5) is 19.1. The number of carbonyl (C=O) groups is 1. The third kappa shape index (κ3) is 3.51. The van der Waals surface area contributed by atoms with E-state index in [0.29, 0.717) is 5.69 Å². The fourth-order valence-electron chi connectivity index (χ4n) is 3.54. The lowest BCUT2D eigenvalue weighted by Crippen LogP contribution is -2.44. The fraction of sp³-hybridized carbons (Fsp3) is 0.368. The molecule has 1 fully saturated rings. The van der Waals surface area contributed by atoms with Gasteiger partial charge in [0.2, 0.25) is 0 Å². The van der Waals surface area contributed by atoms with Gasteiger partial charge >= 0.3 is 0 Å². The Morgan fingerprint density at radius 1 is 1.23 bits per heavy atom. The summed E-state index contributed by atoms with van der Waals surface area (Å²) in [7, 11) is 0. The fourth-order valence-corrected chi connectivity index (χ4v) is 3.54. The highest BCUT2D eigenvalue weighted by Crippen LogP contribution is 2.23. The average molecular weight is 350 g/mol. The number of rotatable bonds is 5. The number of aromatic amines is 1. The summed E-state index contributed by atoms with van der Waals surface area (Å²) in [5.41, 5.74) is 2.26. The molecule has 1 aliphatic heterocycles. The number of hydrogen-bond acceptors (Lipinski definition) is 4. The molecule has 7 nitrogen and oxygen atoms in total. The predicted molar refractivity (Wildman–Crippen MR) is 97.3 cm³/mol. The first-order valence-electron chi connectivity index (χ1n) is 9.05. The van der Waals surface area contributed by atoms with Gasteiger partial charge in [0.15, 0.2) is 0 Å². The van der Waals surface area contributed by atoms with Crippen molar-refractivity contribution >= 4 is 5.91 Å². The quantitative estimate of drug-likeness (QED) is 0.767. The summed E-state index contributed by atoms with van der Waals surface area (Å²) < 4.78 is 1.93. The highest BCUT2D eigenvalue weighted by Gasteiger charge is 2.28. The summed E-state index contributed by atoms with van der Waals surface area (Å²) in [5.74, 6) is 0.0305. The summed E-state index contributed by atoms with van der Waals surface area (Å²) in [6.45, 7) is 1.62. The third-order valence-corrected chi connectivity index (χ3v) is 4.92. The van der Waals surface area contributed by atoms with Crippen molar-refractivity contribution in [2.24, 2.45) is 0 Å². The Hall–Kier alpha value is -2.96. The molecule has 1 amide bonds. The molecule has 26 heavy (non-hydrogen) atoms. The smallest absolute Gasteiger partial charge is 0.272 e. The third-order valence-electron chi connectivity index (χ3n) is 4.92. The van der Waals surface area contributed by atoms with Crippen LogP contribution in [-0.4, -0.2) is 48.4 Å². The zero-order valence-electron chi connectivity index (χ0n) is 14.6. The number of aromatic nitrogens is 5. The minimum absolute atomic E-state index is 0.0305. The van der Waals surface area contributed by atoms with Crippen LogP contribution in [0, 0.1) is 0 Å². The number of nitrogens with one attached hydrogen (secondary N) is 1. The molecule has 0 bridgehead atoms. The molecule has 0 saturated carbocycles. The lowest BCUT2D eigenvalue weighted by atomic mass is 9.98. The molecule has 1 aliphatic rings. The van der Waals surface area contributed by atoms with Crippen molar-refractivity contribution in [1.82, 2.24) is 29.9 Å². The SMILES string of the molecule is O=C(c1cc(-c2ccncc2)n[nH]1)N1CCCC[C@H]1CCn1cccn1. The molecule has 134 valence electrons. The van der Waals surface area contributed by atoms with E-state index in [0.717, 1.165) is 43.6 Å². The zero-order chi connectivity index (χ0) is 17.8. The molecular formula is C19H22N6O. The van der Waals surface area contributed by atoms with Gasteiger partial charge < -0.3 is 4.90 Å². The maximum Gasteiger partial charge on any atom is 0.272 e. The van der Waals surface area contributed by atoms with Crippen molar-refractivity contribution in [3.63, 3.8) is 0 Å². The van der Waals surface area contributed by atoms with E-state index in [1.54, 1.807) is 18.6 Å². The van der Waals surface area contributed by atoms with Gasteiger partial charge in [0, 0.05) is 49.5 Å². The van der Waals surface area contributed by atoms with Crippen LogP contribution in [0.2, 0.25) is 0 Å². The molecule has 3 aromatic rings. The Bertz CT molecular complexity index is 842. The number of pyridine rings is 1. The number of hydrogen-bond donors (Lipinski definition) is 1. The van der Waals surface area contributed by atoms with E-state index in [1.165, 1.54) is 6.42 Å². The Morgan fingerprint density at radius 3 is 2.92 bits per heavy atom. The van der Waals surface area contributed by atoms with Crippen molar-refractivity contribution in [3.05, 3.63) is 54.7 Å². The number of H-pyrrole nitrogens is 1. The van der Waals surface area contributed by atoms with Crippen LogP contribution in [0.5, 0.6) is 0 Å². The van der Waals surface area contributed by atoms with Crippen molar-refractivity contribution in [3.8, 4) is 11.3 Å². The molecule has 0 aromatic carbocycles. The van der Waals surface area contributed by atoms with E-state index in [4.69, 9.17) is 0 Å². The highest BCUT2D eigenvalue weighted by molar-refractivity contribution is 5.93. The van der Waals surface area contributed by atoms with Gasteiger partial charge in [-0.05, 0) is 49.9 Å². The topological polar surface area (TPSA) is 79.7 Å². The van der Waals surface area contributed by atoms with Gasteiger partial charge in [0.05, 0.1) is 5.69 Å². The summed E-state index contributed by atoms with van der Waals surface area (Å²) in [6, 6.07) is 7.77. The van der Waals surface area contributed by atoms with E-state index in [1.807, 2.05) is 40.0 Å². The standard InChI is InChI=1S/C19H22N6O/c26-19(18-14-17(22-23-18)15-5-9-20-10-6-15)25-12-2-1-4-16(25)7-13-24-11-3-8-21-24/h3,5-6,8-11,14,16H,1-2,4,7,12-13H2,(H,22,23)/t16-/m0/s1. The highest BCUT2D eigenvalue weighted by atomic mass is 16.2. The number of piperidine rings is 1. The molecular weight excluding hydrogens is 328 g/mol. The van der Waals surface area contributed by atoms with Crippen LogP contribution in [-0.2, 0) is 6.54 Å². The predicted octanol–water partition coefficient (Wildman–Crippen LogP) is 2.75. The Balaban J connectivity index is 1.47. The Kier molecular flexibility index (Phi) is 4.77. The second-order valence-electron chi connectivity index (χ2n) is 6.61. The number of nitrogens with zero attached hydrogens (tertiary/aromatic N) is 5. The first kappa shape index (κ1) is 16.5. The molecule has 1 N–H and O–H groups in total. The van der Waals surface area contributed by atoms with E-state index in [-0.39, 0.29) is 11.9 Å². The van der Waals surface area contributed by atoms with Gasteiger partial charge in [-0.1, -0.05) is 0 Å². The van der Waals surface area contributed by atoms with E-state index >= 15 is 0 Å². The molecule has 0 spiro atoms. The van der Waals surface area contributed by atoms with Crippen LogP contribution in [0.15, 0.2) is 49.1 Å². The van der Waals surface area contributed by atoms with Gasteiger partial charge in [0.1, 0.15) is 5.69 Å².